The van der Waals surface area contributed by atoms with E-state index in [1.54, 1.807) is 12.1 Å². The summed E-state index contributed by atoms with van der Waals surface area (Å²) >= 11 is 6.98. The minimum Gasteiger partial charge on any atom is -0.508 e. The van der Waals surface area contributed by atoms with E-state index in [4.69, 9.17) is 0 Å². The molecule has 5 heteroatoms. The van der Waals surface area contributed by atoms with E-state index in [2.05, 4.69) is 49.3 Å². The van der Waals surface area contributed by atoms with Crippen molar-refractivity contribution in [2.45, 2.75) is 13.8 Å². The Hall–Kier alpha value is -2.11. The summed E-state index contributed by atoms with van der Waals surface area (Å²) in [4.78, 5) is 12.0. The van der Waals surface area contributed by atoms with E-state index >= 15 is 0 Å². The van der Waals surface area contributed by atoms with Gasteiger partial charge < -0.3 is 10.4 Å². The Labute approximate surface area is 170 Å². The van der Waals surface area contributed by atoms with Crippen LogP contribution in [0.4, 0.5) is 5.69 Å². The van der Waals surface area contributed by atoms with E-state index in [0.29, 0.717) is 5.69 Å². The Morgan fingerprint density at radius 2 is 1.65 bits per heavy atom. The van der Waals surface area contributed by atoms with Crippen molar-refractivity contribution in [3.63, 3.8) is 0 Å². The molecule has 0 bridgehead atoms. The number of phenolic OH excluding ortho intramolecular Hbond substituents is 1. The van der Waals surface area contributed by atoms with Gasteiger partial charge in [-0.2, -0.15) is 0 Å². The summed E-state index contributed by atoms with van der Waals surface area (Å²) in [5, 5.41) is 12.0. The van der Waals surface area contributed by atoms with Crippen LogP contribution in [0, 0.1) is 0 Å². The summed E-state index contributed by atoms with van der Waals surface area (Å²) in [7, 11) is 0. The van der Waals surface area contributed by atoms with Gasteiger partial charge >= 0.3 is 0 Å². The van der Waals surface area contributed by atoms with Crippen LogP contribution in [0.2, 0.25) is 0 Å². The highest BCUT2D eigenvalue weighted by molar-refractivity contribution is 9.11. The number of amides is 1. The Kier molecular flexibility index (Phi) is 7.42. The molecule has 0 atom stereocenters. The van der Waals surface area contributed by atoms with Gasteiger partial charge in [0.1, 0.15) is 5.75 Å². The lowest BCUT2D eigenvalue weighted by atomic mass is 10.1. The fourth-order valence-corrected chi connectivity index (χ4v) is 3.49. The molecule has 0 aliphatic heterocycles. The summed E-state index contributed by atoms with van der Waals surface area (Å²) in [6, 6.07) is 12.4. The zero-order chi connectivity index (χ0) is 19.1. The minimum atomic E-state index is -0.213. The molecule has 3 nitrogen and oxygen atoms in total. The minimum absolute atomic E-state index is 0.164. The third-order valence-corrected chi connectivity index (χ3v) is 4.43. The smallest absolute Gasteiger partial charge is 0.248 e. The first-order valence-electron chi connectivity index (χ1n) is 7.93. The molecule has 0 radical (unpaired) electrons. The number of nitrogens with one attached hydrogen (secondary N) is 1. The maximum Gasteiger partial charge on any atom is 0.248 e. The van der Waals surface area contributed by atoms with Crippen molar-refractivity contribution in [3.8, 4) is 5.75 Å². The second-order valence-corrected chi connectivity index (χ2v) is 7.62. The van der Waals surface area contributed by atoms with Crippen LogP contribution in [0.3, 0.4) is 0 Å². The average molecular weight is 477 g/mol. The molecular weight excluding hydrogens is 458 g/mol. The number of anilines is 1. The van der Waals surface area contributed by atoms with Crippen molar-refractivity contribution < 1.29 is 9.90 Å². The Bertz CT molecular complexity index is 861. The zero-order valence-corrected chi connectivity index (χ0v) is 17.6. The normalized spacial score (nSPS) is 12.5. The summed E-state index contributed by atoms with van der Waals surface area (Å²) in [6.07, 6.45) is 7.34. The van der Waals surface area contributed by atoms with Crippen LogP contribution in [0.25, 0.3) is 5.57 Å². The Morgan fingerprint density at radius 3 is 2.27 bits per heavy atom. The van der Waals surface area contributed by atoms with Crippen LogP contribution in [0.1, 0.15) is 19.4 Å². The van der Waals surface area contributed by atoms with Crippen LogP contribution in [-0.2, 0) is 4.79 Å². The topological polar surface area (TPSA) is 49.3 Å². The largest absolute Gasteiger partial charge is 0.508 e. The number of benzene rings is 2. The van der Waals surface area contributed by atoms with Gasteiger partial charge in [0.25, 0.3) is 0 Å². The third-order valence-electron chi connectivity index (χ3n) is 3.52. The van der Waals surface area contributed by atoms with Crippen LogP contribution < -0.4 is 5.32 Å². The predicted octanol–water partition coefficient (Wildman–Crippen LogP) is 6.46. The first kappa shape index (κ1) is 20.2. The lowest BCUT2D eigenvalue weighted by Crippen LogP contribution is -2.08. The summed E-state index contributed by atoms with van der Waals surface area (Å²) in [5.74, 6) is -0.0493. The molecule has 0 fully saturated rings. The molecule has 0 aliphatic carbocycles. The number of hydrogen-bond donors (Lipinski definition) is 2. The van der Waals surface area contributed by atoms with Gasteiger partial charge in [0, 0.05) is 20.7 Å². The van der Waals surface area contributed by atoms with E-state index in [1.165, 1.54) is 18.2 Å². The van der Waals surface area contributed by atoms with Gasteiger partial charge in [-0.25, -0.2) is 0 Å². The van der Waals surface area contributed by atoms with Crippen molar-refractivity contribution >= 4 is 49.0 Å². The fraction of sp³-hybridized carbons (Fsp3) is 0.0952. The van der Waals surface area contributed by atoms with Crippen molar-refractivity contribution in [2.75, 3.05) is 5.32 Å². The second-order valence-electron chi connectivity index (χ2n) is 5.79. The van der Waals surface area contributed by atoms with Gasteiger partial charge in [-0.3, -0.25) is 4.79 Å². The Balaban J connectivity index is 2.00. The fourth-order valence-electron chi connectivity index (χ4n) is 2.20. The van der Waals surface area contributed by atoms with Crippen molar-refractivity contribution in [3.05, 3.63) is 86.9 Å². The average Bonchev–Trinajstić information content (AvgIpc) is 2.55. The van der Waals surface area contributed by atoms with Gasteiger partial charge in [-0.15, -0.1) is 0 Å². The number of carbonyl (C=O) groups is 1. The molecule has 2 aromatic carbocycles. The van der Waals surface area contributed by atoms with Gasteiger partial charge in [-0.1, -0.05) is 50.1 Å². The summed E-state index contributed by atoms with van der Waals surface area (Å²) in [6.45, 7) is 3.90. The lowest BCUT2D eigenvalue weighted by molar-refractivity contribution is -0.111. The highest BCUT2D eigenvalue weighted by Crippen LogP contribution is 2.24. The van der Waals surface area contributed by atoms with Crippen LogP contribution >= 0.6 is 31.9 Å². The van der Waals surface area contributed by atoms with Gasteiger partial charge in [-0.05, 0) is 73.0 Å². The molecule has 1 amide bonds. The molecule has 0 heterocycles. The van der Waals surface area contributed by atoms with E-state index in [0.717, 1.165) is 25.7 Å². The molecule has 0 saturated heterocycles. The highest BCUT2D eigenvalue weighted by Gasteiger charge is 2.00. The third kappa shape index (κ3) is 6.65. The molecule has 2 N–H and O–H groups in total. The second kappa shape index (κ2) is 9.55. The molecule has 2 rings (SSSR count). The standard InChI is InChI=1S/C21H19Br2NO2/c1-14(10-21(26)24-19-6-8-20(25)9-7-19)4-3-5-15(2)16-11-17(22)13-18(23)12-16/h3-13,25H,1-2H3,(H,24,26). The van der Waals surface area contributed by atoms with E-state index in [1.807, 2.05) is 38.1 Å². The quantitative estimate of drug-likeness (QED) is 0.295. The maximum atomic E-state index is 12.0. The molecule has 26 heavy (non-hydrogen) atoms. The van der Waals surface area contributed by atoms with Crippen LogP contribution in [0.5, 0.6) is 5.75 Å². The number of phenols is 1. The zero-order valence-electron chi connectivity index (χ0n) is 14.5. The number of aromatic hydroxyl groups is 1. The van der Waals surface area contributed by atoms with E-state index in [-0.39, 0.29) is 11.7 Å². The lowest BCUT2D eigenvalue weighted by Gasteiger charge is -2.03. The number of carbonyl (C=O) groups excluding carboxylic acids is 1. The molecule has 0 saturated carbocycles. The van der Waals surface area contributed by atoms with Gasteiger partial charge in [0.2, 0.25) is 5.91 Å². The number of rotatable bonds is 5. The highest BCUT2D eigenvalue weighted by atomic mass is 79.9. The number of halogens is 2. The monoisotopic (exact) mass is 475 g/mol. The number of allylic oxidation sites excluding steroid dienone is 5. The van der Waals surface area contributed by atoms with Gasteiger partial charge in [0.05, 0.1) is 0 Å². The molecule has 0 aromatic heterocycles. The maximum absolute atomic E-state index is 12.0. The van der Waals surface area contributed by atoms with E-state index in [9.17, 15) is 9.90 Å². The van der Waals surface area contributed by atoms with E-state index < -0.39 is 0 Å². The molecule has 2 aromatic rings. The Morgan fingerprint density at radius 1 is 1.04 bits per heavy atom. The molecule has 134 valence electrons. The summed E-state index contributed by atoms with van der Waals surface area (Å²) in [5.41, 5.74) is 3.70. The number of hydrogen-bond acceptors (Lipinski definition) is 2. The SMILES string of the molecule is CC(C=CC=C(C)c1cc(Br)cc(Br)c1)=CC(=O)Nc1ccc(O)cc1. The van der Waals surface area contributed by atoms with Crippen LogP contribution in [-0.4, -0.2) is 11.0 Å². The predicted molar refractivity (Wildman–Crippen MR) is 115 cm³/mol. The van der Waals surface area contributed by atoms with Crippen molar-refractivity contribution in [2.24, 2.45) is 0 Å². The molecular formula is C21H19Br2NO2. The van der Waals surface area contributed by atoms with Crippen LogP contribution in [0.15, 0.2) is 81.3 Å². The van der Waals surface area contributed by atoms with Crippen molar-refractivity contribution in [1.82, 2.24) is 0 Å². The molecule has 0 unspecified atom stereocenters. The summed E-state index contributed by atoms with van der Waals surface area (Å²) < 4.78 is 2.03. The first-order valence-corrected chi connectivity index (χ1v) is 9.52. The molecule has 0 spiro atoms. The van der Waals surface area contributed by atoms with Gasteiger partial charge in [0.15, 0.2) is 0 Å². The first-order chi connectivity index (χ1) is 12.3. The molecule has 0 aliphatic rings. The van der Waals surface area contributed by atoms with Crippen molar-refractivity contribution in [1.29, 1.82) is 0 Å².